The lowest BCUT2D eigenvalue weighted by atomic mass is 10.1. The highest BCUT2D eigenvalue weighted by atomic mass is 35.5. The molecule has 0 saturated heterocycles. The number of halogens is 1. The number of carbonyl (C=O) groups is 1. The minimum atomic E-state index is -3.89. The van der Waals surface area contributed by atoms with Crippen molar-refractivity contribution in [3.05, 3.63) is 70.7 Å². The van der Waals surface area contributed by atoms with Crippen LogP contribution in [0.15, 0.2) is 58.9 Å². The van der Waals surface area contributed by atoms with E-state index >= 15 is 0 Å². The van der Waals surface area contributed by atoms with Gasteiger partial charge in [-0.15, -0.1) is 10.2 Å². The van der Waals surface area contributed by atoms with E-state index in [1.54, 1.807) is 24.3 Å². The topological polar surface area (TPSA) is 101 Å². The van der Waals surface area contributed by atoms with Crippen LogP contribution in [-0.2, 0) is 10.0 Å². The fraction of sp³-hybridized carbons (Fsp3) is 0.167. The Bertz CT molecular complexity index is 1070. The normalized spacial score (nSPS) is 12.5. The molecule has 146 valence electrons. The lowest BCUT2D eigenvalue weighted by Crippen LogP contribution is -2.28. The summed E-state index contributed by atoms with van der Waals surface area (Å²) >= 11 is 6.76. The van der Waals surface area contributed by atoms with Gasteiger partial charge in [0.1, 0.15) is 0 Å². The maximum absolute atomic E-state index is 12.7. The first-order valence-corrected chi connectivity index (χ1v) is 11.0. The molecule has 0 radical (unpaired) electrons. The number of carbonyl (C=O) groups excluding carboxylic acids is 1. The molecular weight excluding hydrogens is 420 g/mol. The minimum Gasteiger partial charge on any atom is -0.296 e. The molecule has 0 unspecified atom stereocenters. The van der Waals surface area contributed by atoms with Gasteiger partial charge in [-0.1, -0.05) is 72.3 Å². The van der Waals surface area contributed by atoms with Gasteiger partial charge in [0.15, 0.2) is 0 Å². The summed E-state index contributed by atoms with van der Waals surface area (Å²) in [6, 6.07) is 15.4. The summed E-state index contributed by atoms with van der Waals surface area (Å²) in [5.74, 6) is -0.491. The van der Waals surface area contributed by atoms with Crippen LogP contribution in [0, 0.1) is 0 Å². The van der Waals surface area contributed by atoms with Gasteiger partial charge in [-0.05, 0) is 24.1 Å². The second-order valence-electron chi connectivity index (χ2n) is 5.80. The van der Waals surface area contributed by atoms with Gasteiger partial charge in [-0.3, -0.25) is 10.1 Å². The number of anilines is 1. The Labute approximate surface area is 171 Å². The van der Waals surface area contributed by atoms with E-state index in [1.807, 2.05) is 37.3 Å². The van der Waals surface area contributed by atoms with Crippen molar-refractivity contribution >= 4 is 44.0 Å². The summed E-state index contributed by atoms with van der Waals surface area (Å²) in [5, 5.41) is 10.3. The fourth-order valence-corrected chi connectivity index (χ4v) is 4.93. The van der Waals surface area contributed by atoms with E-state index in [4.69, 9.17) is 11.6 Å². The summed E-state index contributed by atoms with van der Waals surface area (Å²) in [5.41, 5.74) is 1.11. The third kappa shape index (κ3) is 4.74. The zero-order chi connectivity index (χ0) is 20.1. The zero-order valence-electron chi connectivity index (χ0n) is 14.8. The highest BCUT2D eigenvalue weighted by Crippen LogP contribution is 2.25. The van der Waals surface area contributed by atoms with E-state index in [-0.39, 0.29) is 20.1 Å². The third-order valence-electron chi connectivity index (χ3n) is 3.88. The van der Waals surface area contributed by atoms with Crippen molar-refractivity contribution in [3.8, 4) is 0 Å². The molecule has 1 heterocycles. The minimum absolute atomic E-state index is 0.0676. The Hall–Kier alpha value is -2.33. The average molecular weight is 437 g/mol. The van der Waals surface area contributed by atoms with Gasteiger partial charge in [-0.25, -0.2) is 13.1 Å². The standard InChI is InChI=1S/C18H17ClN4O3S2/c1-2-15(12-8-4-3-5-9-12)23-28(25,26)18-22-21-17(27-18)20-16(24)13-10-6-7-11-14(13)19/h3-11,15,23H,2H2,1H3,(H,20,21,24)/t15-/m1/s1. The molecule has 0 bridgehead atoms. The van der Waals surface area contributed by atoms with E-state index in [0.29, 0.717) is 6.42 Å². The van der Waals surface area contributed by atoms with Crippen LogP contribution in [0.1, 0.15) is 35.3 Å². The number of sulfonamides is 1. The number of aromatic nitrogens is 2. The molecule has 1 amide bonds. The SMILES string of the molecule is CC[C@@H](NS(=O)(=O)c1nnc(NC(=O)c2ccccc2Cl)s1)c1ccccc1. The van der Waals surface area contributed by atoms with Crippen LogP contribution in [0.3, 0.4) is 0 Å². The van der Waals surface area contributed by atoms with Gasteiger partial charge in [0, 0.05) is 6.04 Å². The number of rotatable bonds is 7. The Balaban J connectivity index is 1.75. The lowest BCUT2D eigenvalue weighted by molar-refractivity contribution is 0.102. The molecule has 1 aromatic heterocycles. The number of benzene rings is 2. The van der Waals surface area contributed by atoms with Crippen LogP contribution in [0.25, 0.3) is 0 Å². The van der Waals surface area contributed by atoms with E-state index in [1.165, 1.54) is 0 Å². The maximum atomic E-state index is 12.7. The molecular formula is C18H17ClN4O3S2. The lowest BCUT2D eigenvalue weighted by Gasteiger charge is -2.16. The maximum Gasteiger partial charge on any atom is 0.270 e. The molecule has 0 aliphatic heterocycles. The molecule has 0 spiro atoms. The van der Waals surface area contributed by atoms with E-state index in [0.717, 1.165) is 16.9 Å². The quantitative estimate of drug-likeness (QED) is 0.547. The molecule has 3 aromatic rings. The fourth-order valence-electron chi connectivity index (χ4n) is 2.49. The smallest absolute Gasteiger partial charge is 0.270 e. The monoisotopic (exact) mass is 436 g/mol. The molecule has 0 aliphatic carbocycles. The van der Waals surface area contributed by atoms with E-state index in [2.05, 4.69) is 20.2 Å². The predicted molar refractivity (Wildman–Crippen MR) is 109 cm³/mol. The molecule has 28 heavy (non-hydrogen) atoms. The molecule has 3 rings (SSSR count). The first-order chi connectivity index (χ1) is 13.4. The van der Waals surface area contributed by atoms with Crippen molar-refractivity contribution in [2.24, 2.45) is 0 Å². The summed E-state index contributed by atoms with van der Waals surface area (Å²) < 4.78 is 27.7. The highest BCUT2D eigenvalue weighted by molar-refractivity contribution is 7.91. The largest absolute Gasteiger partial charge is 0.296 e. The van der Waals surface area contributed by atoms with Gasteiger partial charge in [-0.2, -0.15) is 0 Å². The second-order valence-corrected chi connectivity index (χ2v) is 9.07. The van der Waals surface area contributed by atoms with Crippen molar-refractivity contribution in [3.63, 3.8) is 0 Å². The summed E-state index contributed by atoms with van der Waals surface area (Å²) in [4.78, 5) is 12.3. The van der Waals surface area contributed by atoms with Gasteiger partial charge in [0.25, 0.3) is 15.9 Å². The number of nitrogens with zero attached hydrogens (tertiary/aromatic N) is 2. The number of nitrogens with one attached hydrogen (secondary N) is 2. The highest BCUT2D eigenvalue weighted by Gasteiger charge is 2.25. The third-order valence-corrected chi connectivity index (χ3v) is 6.89. The van der Waals surface area contributed by atoms with Crippen LogP contribution in [-0.4, -0.2) is 24.5 Å². The molecule has 0 saturated carbocycles. The number of hydrogen-bond acceptors (Lipinski definition) is 6. The van der Waals surface area contributed by atoms with Crippen molar-refractivity contribution in [1.82, 2.24) is 14.9 Å². The van der Waals surface area contributed by atoms with E-state index in [9.17, 15) is 13.2 Å². The zero-order valence-corrected chi connectivity index (χ0v) is 17.2. The van der Waals surface area contributed by atoms with Gasteiger partial charge < -0.3 is 0 Å². The summed E-state index contributed by atoms with van der Waals surface area (Å²) in [6.45, 7) is 1.88. The van der Waals surface area contributed by atoms with E-state index < -0.39 is 22.0 Å². The number of hydrogen-bond donors (Lipinski definition) is 2. The van der Waals surface area contributed by atoms with Crippen molar-refractivity contribution < 1.29 is 13.2 Å². The first kappa shape index (κ1) is 20.4. The predicted octanol–water partition coefficient (Wildman–Crippen LogP) is 3.87. The Kier molecular flexibility index (Phi) is 6.40. The Morgan fingerprint density at radius 2 is 1.79 bits per heavy atom. The molecule has 2 N–H and O–H groups in total. The molecule has 7 nitrogen and oxygen atoms in total. The molecule has 1 atom stereocenters. The Morgan fingerprint density at radius 3 is 2.46 bits per heavy atom. The average Bonchev–Trinajstić information content (AvgIpc) is 3.16. The van der Waals surface area contributed by atoms with Crippen LogP contribution >= 0.6 is 22.9 Å². The second kappa shape index (κ2) is 8.78. The first-order valence-electron chi connectivity index (χ1n) is 8.37. The molecule has 0 fully saturated rings. The summed E-state index contributed by atoms with van der Waals surface area (Å²) in [6.07, 6.45) is 0.568. The van der Waals surface area contributed by atoms with Crippen LogP contribution < -0.4 is 10.0 Å². The summed E-state index contributed by atoms with van der Waals surface area (Å²) in [7, 11) is -3.89. The number of amides is 1. The van der Waals surface area contributed by atoms with Gasteiger partial charge >= 0.3 is 0 Å². The van der Waals surface area contributed by atoms with Crippen LogP contribution in [0.4, 0.5) is 5.13 Å². The van der Waals surface area contributed by atoms with Gasteiger partial charge in [0.2, 0.25) is 9.47 Å². The van der Waals surface area contributed by atoms with Crippen molar-refractivity contribution in [2.75, 3.05) is 5.32 Å². The molecule has 2 aromatic carbocycles. The van der Waals surface area contributed by atoms with Crippen molar-refractivity contribution in [2.45, 2.75) is 23.7 Å². The van der Waals surface area contributed by atoms with Crippen molar-refractivity contribution in [1.29, 1.82) is 0 Å². The van der Waals surface area contributed by atoms with Crippen LogP contribution in [0.2, 0.25) is 5.02 Å². The molecule has 10 heteroatoms. The Morgan fingerprint density at radius 1 is 1.11 bits per heavy atom. The van der Waals surface area contributed by atoms with Gasteiger partial charge in [0.05, 0.1) is 10.6 Å². The van der Waals surface area contributed by atoms with Crippen LogP contribution in [0.5, 0.6) is 0 Å². The molecule has 0 aliphatic rings.